The maximum atomic E-state index is 13.0. The standard InChI is InChI=1S/2C27H21Cl2N3O2/c1-4-13-34-20-10-12-24-21(15-20)25(18-7-5-17(6-8-18)16(2)3)32-26(31-24)27(33)30-19-9-11-22(28)23(29)14-19;1-4-11-34-22-9-10-24-23(15-22)25(18-7-5-17(6-8-18)16(2)3)32-26(31-24)27(33)30-21-13-19(28)12-20(29)14-21/h1,5-12,14-16H,13H2,2-3H3,(H,30,33);1,5-10,12-16H,11H2,2-3H3,(H,30,33). The molecule has 0 unspecified atom stereocenters. The van der Waals surface area contributed by atoms with Crippen molar-refractivity contribution in [3.05, 3.63) is 164 Å². The van der Waals surface area contributed by atoms with Gasteiger partial charge in [0.05, 0.1) is 32.5 Å². The number of ether oxygens (including phenoxy) is 2. The van der Waals surface area contributed by atoms with E-state index in [9.17, 15) is 9.59 Å². The molecule has 0 bridgehead atoms. The minimum Gasteiger partial charge on any atom is -0.481 e. The quantitative estimate of drug-likeness (QED) is 0.116. The fourth-order valence-electron chi connectivity index (χ4n) is 6.91. The van der Waals surface area contributed by atoms with Crippen molar-refractivity contribution < 1.29 is 19.1 Å². The molecule has 2 N–H and O–H groups in total. The lowest BCUT2D eigenvalue weighted by atomic mass is 9.99. The van der Waals surface area contributed by atoms with Gasteiger partial charge in [0.2, 0.25) is 11.6 Å². The zero-order valence-corrected chi connectivity index (χ0v) is 40.2. The normalized spacial score (nSPS) is 10.8. The summed E-state index contributed by atoms with van der Waals surface area (Å²) in [5.74, 6) is 6.00. The third kappa shape index (κ3) is 12.0. The fourth-order valence-corrected chi connectivity index (χ4v) is 7.74. The molecule has 0 spiro atoms. The molecule has 2 aromatic heterocycles. The van der Waals surface area contributed by atoms with E-state index in [0.717, 1.165) is 21.9 Å². The Morgan fingerprint density at radius 1 is 0.529 bits per heavy atom. The van der Waals surface area contributed by atoms with Crippen molar-refractivity contribution in [3.63, 3.8) is 0 Å². The highest BCUT2D eigenvalue weighted by molar-refractivity contribution is 6.42. The predicted octanol–water partition coefficient (Wildman–Crippen LogP) is 14.0. The number of anilines is 2. The summed E-state index contributed by atoms with van der Waals surface area (Å²) < 4.78 is 11.2. The highest BCUT2D eigenvalue weighted by Gasteiger charge is 2.19. The zero-order chi connectivity index (χ0) is 48.5. The molecule has 8 rings (SSSR count). The van der Waals surface area contributed by atoms with Crippen molar-refractivity contribution in [2.75, 3.05) is 23.8 Å². The lowest BCUT2D eigenvalue weighted by Crippen LogP contribution is -2.16. The minimum absolute atomic E-state index is 0.0174. The number of carbonyl (C=O) groups excluding carboxylic acids is 2. The van der Waals surface area contributed by atoms with Crippen molar-refractivity contribution in [1.29, 1.82) is 0 Å². The Balaban J connectivity index is 0.000000201. The van der Waals surface area contributed by atoms with E-state index in [2.05, 4.69) is 94.4 Å². The van der Waals surface area contributed by atoms with Crippen LogP contribution in [0.4, 0.5) is 11.4 Å². The van der Waals surface area contributed by atoms with Gasteiger partial charge in [0.1, 0.15) is 24.7 Å². The molecule has 0 atom stereocenters. The largest absolute Gasteiger partial charge is 0.481 e. The Hall–Kier alpha value is -7.18. The van der Waals surface area contributed by atoms with Gasteiger partial charge in [-0.2, -0.15) is 0 Å². The molecule has 340 valence electrons. The number of halogens is 4. The number of nitrogens with one attached hydrogen (secondary N) is 2. The Bertz CT molecular complexity index is 3240. The maximum absolute atomic E-state index is 13.0. The van der Waals surface area contributed by atoms with Gasteiger partial charge in [-0.15, -0.1) is 12.8 Å². The summed E-state index contributed by atoms with van der Waals surface area (Å²) in [6.45, 7) is 8.83. The first-order valence-electron chi connectivity index (χ1n) is 21.2. The Labute approximate surface area is 414 Å². The van der Waals surface area contributed by atoms with Crippen molar-refractivity contribution in [2.24, 2.45) is 0 Å². The molecule has 0 radical (unpaired) electrons. The zero-order valence-electron chi connectivity index (χ0n) is 37.2. The van der Waals surface area contributed by atoms with Gasteiger partial charge >= 0.3 is 0 Å². The van der Waals surface area contributed by atoms with E-state index in [1.165, 1.54) is 11.1 Å². The van der Waals surface area contributed by atoms with Gasteiger partial charge in [-0.3, -0.25) is 9.59 Å². The number of nitrogens with zero attached hydrogens (tertiary/aromatic N) is 4. The number of carbonyl (C=O) groups is 2. The van der Waals surface area contributed by atoms with E-state index < -0.39 is 11.8 Å². The summed E-state index contributed by atoms with van der Waals surface area (Å²) >= 11 is 24.2. The molecule has 0 fully saturated rings. The van der Waals surface area contributed by atoms with Gasteiger partial charge in [0, 0.05) is 43.3 Å². The van der Waals surface area contributed by atoms with Gasteiger partial charge in [0.25, 0.3) is 11.8 Å². The summed E-state index contributed by atoms with van der Waals surface area (Å²) in [6.07, 6.45) is 10.6. The Morgan fingerprint density at radius 3 is 1.38 bits per heavy atom. The molecule has 2 amide bonds. The highest BCUT2D eigenvalue weighted by atomic mass is 35.5. The van der Waals surface area contributed by atoms with Crippen LogP contribution in [0, 0.1) is 24.7 Å². The van der Waals surface area contributed by atoms with E-state index in [0.29, 0.717) is 77.2 Å². The van der Waals surface area contributed by atoms with Crippen LogP contribution in [0.15, 0.2) is 121 Å². The first kappa shape index (κ1) is 48.7. The fraction of sp³-hybridized carbons (Fsp3) is 0.148. The monoisotopic (exact) mass is 978 g/mol. The van der Waals surface area contributed by atoms with E-state index in [-0.39, 0.29) is 24.9 Å². The van der Waals surface area contributed by atoms with Crippen LogP contribution < -0.4 is 20.1 Å². The van der Waals surface area contributed by atoms with Crippen molar-refractivity contribution in [2.45, 2.75) is 39.5 Å². The van der Waals surface area contributed by atoms with Crippen molar-refractivity contribution in [3.8, 4) is 58.7 Å². The second-order valence-corrected chi connectivity index (χ2v) is 17.6. The maximum Gasteiger partial charge on any atom is 0.293 e. The average molecular weight is 981 g/mol. The average Bonchev–Trinajstić information content (AvgIpc) is 3.33. The van der Waals surface area contributed by atoms with E-state index >= 15 is 0 Å². The van der Waals surface area contributed by atoms with E-state index in [1.54, 1.807) is 60.7 Å². The molecule has 6 aromatic carbocycles. The van der Waals surface area contributed by atoms with Gasteiger partial charge in [-0.25, -0.2) is 19.9 Å². The van der Waals surface area contributed by atoms with E-state index in [4.69, 9.17) is 68.7 Å². The number of aromatic nitrogens is 4. The first-order chi connectivity index (χ1) is 32.7. The summed E-state index contributed by atoms with van der Waals surface area (Å²) in [7, 11) is 0. The Kier molecular flexibility index (Phi) is 15.8. The molecule has 2 heterocycles. The number of hydrogen-bond donors (Lipinski definition) is 2. The molecular weight excluding hydrogens is 938 g/mol. The van der Waals surface area contributed by atoms with Gasteiger partial charge in [-0.05, 0) is 95.8 Å². The van der Waals surface area contributed by atoms with Crippen molar-refractivity contribution >= 4 is 91.4 Å². The molecule has 0 aliphatic rings. The summed E-state index contributed by atoms with van der Waals surface area (Å²) in [5.41, 5.74) is 7.49. The highest BCUT2D eigenvalue weighted by Crippen LogP contribution is 2.33. The van der Waals surface area contributed by atoms with Crippen LogP contribution >= 0.6 is 46.4 Å². The SMILES string of the molecule is C#CCOc1ccc2nc(C(=O)Nc3cc(Cl)cc(Cl)c3)nc(-c3ccc(C(C)C)cc3)c2c1.C#CCOc1ccc2nc(C(=O)Nc3ccc(Cl)c(Cl)c3)nc(-c3ccc(C(C)C)cc3)c2c1. The summed E-state index contributed by atoms with van der Waals surface area (Å²) in [5, 5.41) is 8.60. The van der Waals surface area contributed by atoms with Crippen LogP contribution in [0.3, 0.4) is 0 Å². The van der Waals surface area contributed by atoms with Crippen LogP contribution in [0.25, 0.3) is 44.3 Å². The second-order valence-electron chi connectivity index (χ2n) is 15.9. The second kappa shape index (κ2) is 22.1. The molecule has 14 heteroatoms. The van der Waals surface area contributed by atoms with Gasteiger partial charge in [-0.1, -0.05) is 134 Å². The molecule has 8 aromatic rings. The molecule has 0 aliphatic carbocycles. The van der Waals surface area contributed by atoms with Crippen molar-refractivity contribution in [1.82, 2.24) is 19.9 Å². The minimum atomic E-state index is -0.479. The van der Waals surface area contributed by atoms with Crippen LogP contribution in [0.5, 0.6) is 11.5 Å². The third-order valence-corrected chi connectivity index (χ3v) is 11.6. The first-order valence-corrected chi connectivity index (χ1v) is 22.7. The lowest BCUT2D eigenvalue weighted by molar-refractivity contribution is 0.101. The van der Waals surface area contributed by atoms with Crippen LogP contribution in [-0.4, -0.2) is 45.0 Å². The molecule has 0 saturated heterocycles. The molecule has 10 nitrogen and oxygen atoms in total. The lowest BCUT2D eigenvalue weighted by Gasteiger charge is -2.12. The summed E-state index contributed by atoms with van der Waals surface area (Å²) in [4.78, 5) is 44.3. The molecule has 0 saturated carbocycles. The smallest absolute Gasteiger partial charge is 0.293 e. The third-order valence-electron chi connectivity index (χ3n) is 10.4. The number of terminal acetylenes is 2. The summed E-state index contributed by atoms with van der Waals surface area (Å²) in [6, 6.07) is 36.6. The molecular formula is C54H42Cl4N6O4. The number of amides is 2. The predicted molar refractivity (Wildman–Crippen MR) is 276 cm³/mol. The number of fused-ring (bicyclic) bond motifs is 2. The number of rotatable bonds is 12. The van der Waals surface area contributed by atoms with Gasteiger partial charge in [0.15, 0.2) is 0 Å². The number of benzene rings is 6. The molecule has 68 heavy (non-hydrogen) atoms. The van der Waals surface area contributed by atoms with Crippen LogP contribution in [0.1, 0.15) is 71.9 Å². The van der Waals surface area contributed by atoms with Crippen LogP contribution in [0.2, 0.25) is 20.1 Å². The molecule has 0 aliphatic heterocycles. The topological polar surface area (TPSA) is 128 Å². The van der Waals surface area contributed by atoms with E-state index in [1.807, 2.05) is 36.4 Å². The van der Waals surface area contributed by atoms with Crippen LogP contribution in [-0.2, 0) is 0 Å². The number of hydrogen-bond acceptors (Lipinski definition) is 8. The Morgan fingerprint density at radius 2 is 0.971 bits per heavy atom. The van der Waals surface area contributed by atoms with Gasteiger partial charge < -0.3 is 20.1 Å².